The van der Waals surface area contributed by atoms with Crippen molar-refractivity contribution in [2.75, 3.05) is 12.4 Å². The lowest BCUT2D eigenvalue weighted by molar-refractivity contribution is 0.131. The Kier molecular flexibility index (Phi) is 3.75. The Morgan fingerprint density at radius 2 is 1.81 bits per heavy atom. The van der Waals surface area contributed by atoms with Crippen molar-refractivity contribution < 1.29 is 13.5 Å². The first-order chi connectivity index (χ1) is 7.11. The molecule has 1 fully saturated rings. The van der Waals surface area contributed by atoms with Gasteiger partial charge in [-0.15, -0.1) is 0 Å². The lowest BCUT2D eigenvalue weighted by atomic mass is 9.69. The summed E-state index contributed by atoms with van der Waals surface area (Å²) in [6.45, 7) is 10.1. The van der Waals surface area contributed by atoms with Crippen molar-refractivity contribution in [1.82, 2.24) is 0 Å². The Morgan fingerprint density at radius 3 is 2.12 bits per heavy atom. The van der Waals surface area contributed by atoms with Gasteiger partial charge in [0, 0.05) is 0 Å². The molecule has 16 heavy (non-hydrogen) atoms. The lowest BCUT2D eigenvalue weighted by Gasteiger charge is -2.34. The highest BCUT2D eigenvalue weighted by atomic mass is 32.2. The molecule has 0 unspecified atom stereocenters. The van der Waals surface area contributed by atoms with E-state index in [4.69, 9.17) is 0 Å². The molecule has 0 aromatic carbocycles. The number of aliphatic hydroxyl groups is 1. The van der Waals surface area contributed by atoms with Gasteiger partial charge in [-0.05, 0) is 23.2 Å². The van der Waals surface area contributed by atoms with Crippen LogP contribution in [0.25, 0.3) is 0 Å². The predicted molar refractivity (Wildman–Crippen MR) is 65.9 cm³/mol. The van der Waals surface area contributed by atoms with Gasteiger partial charge >= 0.3 is 0 Å². The second-order valence-electron chi connectivity index (χ2n) is 6.34. The van der Waals surface area contributed by atoms with Gasteiger partial charge in [0.25, 0.3) is 0 Å². The quantitative estimate of drug-likeness (QED) is 0.809. The van der Waals surface area contributed by atoms with Crippen LogP contribution in [0.15, 0.2) is 0 Å². The summed E-state index contributed by atoms with van der Waals surface area (Å²) >= 11 is 0. The number of hydrogen-bond donors (Lipinski definition) is 1. The second-order valence-corrected chi connectivity index (χ2v) is 8.61. The van der Waals surface area contributed by atoms with Crippen LogP contribution in [0, 0.1) is 23.2 Å². The number of aliphatic hydroxyl groups excluding tert-OH is 1. The van der Waals surface area contributed by atoms with Crippen LogP contribution >= 0.6 is 0 Å². The van der Waals surface area contributed by atoms with Gasteiger partial charge in [-0.25, -0.2) is 8.42 Å². The summed E-state index contributed by atoms with van der Waals surface area (Å²) in [4.78, 5) is 0. The highest BCUT2D eigenvalue weighted by Crippen LogP contribution is 2.45. The fourth-order valence-corrected chi connectivity index (χ4v) is 5.62. The van der Waals surface area contributed by atoms with Crippen LogP contribution < -0.4 is 0 Å². The first-order valence-electron chi connectivity index (χ1n) is 5.93. The van der Waals surface area contributed by atoms with E-state index in [1.165, 1.54) is 0 Å². The predicted octanol–water partition coefficient (Wildman–Crippen LogP) is 1.71. The second kappa shape index (κ2) is 4.30. The van der Waals surface area contributed by atoms with Gasteiger partial charge < -0.3 is 5.11 Å². The minimum Gasteiger partial charge on any atom is -0.395 e. The molecule has 1 aliphatic heterocycles. The molecular weight excluding hydrogens is 224 g/mol. The van der Waals surface area contributed by atoms with Gasteiger partial charge in [0.05, 0.1) is 17.6 Å². The molecule has 4 heteroatoms. The van der Waals surface area contributed by atoms with E-state index in [0.29, 0.717) is 5.92 Å². The van der Waals surface area contributed by atoms with E-state index in [9.17, 15) is 13.5 Å². The van der Waals surface area contributed by atoms with E-state index in [2.05, 4.69) is 20.8 Å². The Bertz CT molecular complexity index is 338. The molecule has 0 spiro atoms. The molecule has 1 rings (SSSR count). The van der Waals surface area contributed by atoms with E-state index >= 15 is 0 Å². The fraction of sp³-hybridized carbons (Fsp3) is 1.00. The molecule has 0 bridgehead atoms. The molecule has 1 heterocycles. The molecular formula is C12H24O3S. The van der Waals surface area contributed by atoms with Gasteiger partial charge in [-0.2, -0.15) is 0 Å². The van der Waals surface area contributed by atoms with Crippen molar-refractivity contribution in [2.45, 2.75) is 39.9 Å². The largest absolute Gasteiger partial charge is 0.395 e. The molecule has 0 radical (unpaired) electrons. The van der Waals surface area contributed by atoms with Crippen molar-refractivity contribution in [2.24, 2.45) is 23.2 Å². The molecule has 0 amide bonds. The van der Waals surface area contributed by atoms with Crippen LogP contribution in [0.3, 0.4) is 0 Å². The third-order valence-electron chi connectivity index (χ3n) is 3.83. The number of rotatable bonds is 2. The molecule has 3 atom stereocenters. The van der Waals surface area contributed by atoms with E-state index in [1.807, 2.05) is 13.8 Å². The van der Waals surface area contributed by atoms with E-state index in [0.717, 1.165) is 0 Å². The third-order valence-corrected chi connectivity index (χ3v) is 6.04. The van der Waals surface area contributed by atoms with Gasteiger partial charge in [-0.1, -0.05) is 34.6 Å². The maximum atomic E-state index is 12.0. The number of sulfone groups is 1. The average molecular weight is 248 g/mol. The minimum absolute atomic E-state index is 0.0219. The minimum atomic E-state index is -3.11. The van der Waals surface area contributed by atoms with Crippen molar-refractivity contribution in [3.05, 3.63) is 0 Å². The standard InChI is InChI=1S/C12H24O3S/c1-8(2)11-9(12(3,4)5)7-16(14,15)10(11)6-13/h8-11,13H,6-7H2,1-5H3/t9-,10+,11-/m0/s1. The molecule has 0 aliphatic carbocycles. The number of hydrogen-bond acceptors (Lipinski definition) is 3. The van der Waals surface area contributed by atoms with Crippen LogP contribution in [0.1, 0.15) is 34.6 Å². The summed E-state index contributed by atoms with van der Waals surface area (Å²) < 4.78 is 24.0. The zero-order valence-corrected chi connectivity index (χ0v) is 11.7. The molecule has 1 N–H and O–H groups in total. The Labute approximate surface area is 99.2 Å². The lowest BCUT2D eigenvalue weighted by Crippen LogP contribution is -2.35. The van der Waals surface area contributed by atoms with Crippen molar-refractivity contribution in [3.63, 3.8) is 0 Å². The zero-order chi connectivity index (χ0) is 12.7. The molecule has 3 nitrogen and oxygen atoms in total. The first kappa shape index (κ1) is 14.0. The van der Waals surface area contributed by atoms with Gasteiger partial charge in [0.2, 0.25) is 0 Å². The molecule has 1 saturated heterocycles. The molecule has 0 aromatic heterocycles. The van der Waals surface area contributed by atoms with Crippen LogP contribution in [-0.4, -0.2) is 31.1 Å². The summed E-state index contributed by atoms with van der Waals surface area (Å²) in [7, 11) is -3.11. The van der Waals surface area contributed by atoms with Crippen LogP contribution in [0.4, 0.5) is 0 Å². The smallest absolute Gasteiger partial charge is 0.156 e. The Morgan fingerprint density at radius 1 is 1.31 bits per heavy atom. The summed E-state index contributed by atoms with van der Waals surface area (Å²) in [6.07, 6.45) is 0. The summed E-state index contributed by atoms with van der Waals surface area (Å²) in [5.74, 6) is 0.744. The summed E-state index contributed by atoms with van der Waals surface area (Å²) in [6, 6.07) is 0. The normalized spacial score (nSPS) is 34.6. The van der Waals surface area contributed by atoms with E-state index < -0.39 is 15.1 Å². The van der Waals surface area contributed by atoms with Crippen LogP contribution in [0.5, 0.6) is 0 Å². The maximum absolute atomic E-state index is 12.0. The highest BCUT2D eigenvalue weighted by Gasteiger charge is 2.51. The van der Waals surface area contributed by atoms with E-state index in [-0.39, 0.29) is 29.6 Å². The van der Waals surface area contributed by atoms with Crippen molar-refractivity contribution in [3.8, 4) is 0 Å². The maximum Gasteiger partial charge on any atom is 0.156 e. The highest BCUT2D eigenvalue weighted by molar-refractivity contribution is 7.92. The van der Waals surface area contributed by atoms with Crippen LogP contribution in [0.2, 0.25) is 0 Å². The summed E-state index contributed by atoms with van der Waals surface area (Å²) in [5.41, 5.74) is -0.0219. The van der Waals surface area contributed by atoms with Crippen LogP contribution in [-0.2, 0) is 9.84 Å². The average Bonchev–Trinajstić information content (AvgIpc) is 2.35. The molecule has 0 aromatic rings. The first-order valence-corrected chi connectivity index (χ1v) is 7.65. The van der Waals surface area contributed by atoms with Crippen molar-refractivity contribution in [1.29, 1.82) is 0 Å². The molecule has 1 aliphatic rings. The molecule has 0 saturated carbocycles. The Balaban J connectivity index is 3.15. The molecule has 96 valence electrons. The fourth-order valence-electron chi connectivity index (χ4n) is 2.94. The van der Waals surface area contributed by atoms with E-state index in [1.54, 1.807) is 0 Å². The Hall–Kier alpha value is -0.0900. The monoisotopic (exact) mass is 248 g/mol. The van der Waals surface area contributed by atoms with Gasteiger partial charge in [0.15, 0.2) is 9.84 Å². The van der Waals surface area contributed by atoms with Gasteiger partial charge in [0.1, 0.15) is 0 Å². The van der Waals surface area contributed by atoms with Gasteiger partial charge in [-0.3, -0.25) is 0 Å². The topological polar surface area (TPSA) is 54.4 Å². The summed E-state index contributed by atoms with van der Waals surface area (Å²) in [5, 5.41) is 8.77. The SMILES string of the molecule is CC(C)[C@@H]1[C@@H](CO)S(=O)(=O)C[C@@H]1C(C)(C)C. The zero-order valence-electron chi connectivity index (χ0n) is 10.9. The third kappa shape index (κ3) is 2.43. The van der Waals surface area contributed by atoms with Crippen molar-refractivity contribution >= 4 is 9.84 Å².